The van der Waals surface area contributed by atoms with Crippen LogP contribution in [0, 0.1) is 0 Å². The van der Waals surface area contributed by atoms with Gasteiger partial charge >= 0.3 is 0 Å². The molecule has 0 aliphatic heterocycles. The van der Waals surface area contributed by atoms with Crippen molar-refractivity contribution in [2.45, 2.75) is 55.2 Å². The van der Waals surface area contributed by atoms with Crippen LogP contribution in [0.4, 0.5) is 5.69 Å². The molecule has 4 nitrogen and oxygen atoms in total. The van der Waals surface area contributed by atoms with E-state index in [-0.39, 0.29) is 11.9 Å². The van der Waals surface area contributed by atoms with Crippen molar-refractivity contribution in [3.05, 3.63) is 24.3 Å². The van der Waals surface area contributed by atoms with Crippen molar-refractivity contribution in [2.24, 2.45) is 0 Å². The highest BCUT2D eigenvalue weighted by Crippen LogP contribution is 2.18. The van der Waals surface area contributed by atoms with E-state index in [1.54, 1.807) is 31.2 Å². The summed E-state index contributed by atoms with van der Waals surface area (Å²) in [5.41, 5.74) is 6.24. The van der Waals surface area contributed by atoms with E-state index >= 15 is 0 Å². The van der Waals surface area contributed by atoms with Crippen molar-refractivity contribution in [1.82, 2.24) is 5.32 Å². The predicted octanol–water partition coefficient (Wildman–Crippen LogP) is 2.21. The first-order valence-corrected chi connectivity index (χ1v) is 8.35. The van der Waals surface area contributed by atoms with Crippen LogP contribution in [0.2, 0.25) is 0 Å². The average molecular weight is 294 g/mol. The van der Waals surface area contributed by atoms with Gasteiger partial charge in [-0.1, -0.05) is 19.3 Å². The molecule has 1 aromatic rings. The van der Waals surface area contributed by atoms with E-state index in [9.17, 15) is 9.00 Å². The van der Waals surface area contributed by atoms with Gasteiger partial charge in [0.05, 0.1) is 10.8 Å². The van der Waals surface area contributed by atoms with Gasteiger partial charge in [-0.15, -0.1) is 0 Å². The molecule has 2 unspecified atom stereocenters. The fourth-order valence-corrected chi connectivity index (χ4v) is 3.54. The molecule has 1 fully saturated rings. The molecule has 0 saturated heterocycles. The number of amides is 1. The Balaban J connectivity index is 1.95. The van der Waals surface area contributed by atoms with E-state index in [1.807, 2.05) is 0 Å². The summed E-state index contributed by atoms with van der Waals surface area (Å²) in [6.07, 6.45) is 5.65. The lowest BCUT2D eigenvalue weighted by atomic mass is 9.95. The number of rotatable bonds is 4. The molecular formula is C15H22N2O2S. The SMILES string of the molecule is CC(C(=O)NC1CCCCC1)S(=O)c1ccc(N)cc1. The van der Waals surface area contributed by atoms with Crippen LogP contribution in [0.15, 0.2) is 29.2 Å². The first kappa shape index (κ1) is 15.0. The van der Waals surface area contributed by atoms with Gasteiger partial charge < -0.3 is 11.1 Å². The Kier molecular flexibility index (Phi) is 5.17. The van der Waals surface area contributed by atoms with Crippen LogP contribution in [-0.4, -0.2) is 21.4 Å². The van der Waals surface area contributed by atoms with Gasteiger partial charge in [0.15, 0.2) is 0 Å². The van der Waals surface area contributed by atoms with Gasteiger partial charge in [-0.05, 0) is 44.0 Å². The first-order valence-electron chi connectivity index (χ1n) is 7.14. The van der Waals surface area contributed by atoms with Crippen molar-refractivity contribution in [3.63, 3.8) is 0 Å². The highest BCUT2D eigenvalue weighted by atomic mass is 32.2. The number of carbonyl (C=O) groups excluding carboxylic acids is 1. The van der Waals surface area contributed by atoms with E-state index in [0.29, 0.717) is 10.6 Å². The number of nitrogen functional groups attached to an aromatic ring is 1. The number of nitrogens with two attached hydrogens (primary N) is 1. The highest BCUT2D eigenvalue weighted by molar-refractivity contribution is 7.86. The molecule has 0 heterocycles. The maximum Gasteiger partial charge on any atom is 0.236 e. The lowest BCUT2D eigenvalue weighted by Crippen LogP contribution is -2.42. The molecule has 1 aliphatic carbocycles. The third-order valence-electron chi connectivity index (χ3n) is 3.75. The monoisotopic (exact) mass is 294 g/mol. The van der Waals surface area contributed by atoms with Crippen LogP contribution in [0.3, 0.4) is 0 Å². The van der Waals surface area contributed by atoms with E-state index in [0.717, 1.165) is 12.8 Å². The fourth-order valence-electron chi connectivity index (χ4n) is 2.47. The van der Waals surface area contributed by atoms with E-state index in [1.165, 1.54) is 19.3 Å². The second-order valence-corrected chi connectivity index (χ2v) is 7.13. The van der Waals surface area contributed by atoms with Gasteiger partial charge in [-0.2, -0.15) is 0 Å². The Labute approximate surface area is 122 Å². The summed E-state index contributed by atoms with van der Waals surface area (Å²) in [7, 11) is -1.34. The Hall–Kier alpha value is -1.36. The molecule has 20 heavy (non-hydrogen) atoms. The van der Waals surface area contributed by atoms with Crippen LogP contribution in [0.1, 0.15) is 39.0 Å². The van der Waals surface area contributed by atoms with Crippen molar-refractivity contribution in [3.8, 4) is 0 Å². The Bertz CT molecular complexity index is 481. The predicted molar refractivity (Wildman–Crippen MR) is 81.7 cm³/mol. The van der Waals surface area contributed by atoms with Gasteiger partial charge in [0.25, 0.3) is 0 Å². The quantitative estimate of drug-likeness (QED) is 0.836. The third kappa shape index (κ3) is 3.82. The summed E-state index contributed by atoms with van der Waals surface area (Å²) < 4.78 is 12.3. The maximum absolute atomic E-state index is 12.3. The van der Waals surface area contributed by atoms with E-state index < -0.39 is 16.0 Å². The minimum Gasteiger partial charge on any atom is -0.399 e. The fraction of sp³-hybridized carbons (Fsp3) is 0.533. The summed E-state index contributed by atoms with van der Waals surface area (Å²) >= 11 is 0. The van der Waals surface area contributed by atoms with E-state index in [4.69, 9.17) is 5.73 Å². The van der Waals surface area contributed by atoms with Crippen molar-refractivity contribution in [1.29, 1.82) is 0 Å². The van der Waals surface area contributed by atoms with Crippen molar-refractivity contribution < 1.29 is 9.00 Å². The minimum absolute atomic E-state index is 0.118. The number of benzene rings is 1. The summed E-state index contributed by atoms with van der Waals surface area (Å²) in [6, 6.07) is 7.10. The van der Waals surface area contributed by atoms with Crippen LogP contribution in [0.5, 0.6) is 0 Å². The molecule has 1 saturated carbocycles. The second kappa shape index (κ2) is 6.88. The molecule has 2 atom stereocenters. The summed E-state index contributed by atoms with van der Waals surface area (Å²) in [6.45, 7) is 1.71. The number of carbonyl (C=O) groups is 1. The largest absolute Gasteiger partial charge is 0.399 e. The summed E-state index contributed by atoms with van der Waals surface area (Å²) in [4.78, 5) is 12.8. The Morgan fingerprint density at radius 1 is 1.25 bits per heavy atom. The highest BCUT2D eigenvalue weighted by Gasteiger charge is 2.24. The average Bonchev–Trinajstić information content (AvgIpc) is 2.47. The molecule has 5 heteroatoms. The molecule has 0 radical (unpaired) electrons. The molecule has 110 valence electrons. The zero-order valence-electron chi connectivity index (χ0n) is 11.8. The minimum atomic E-state index is -1.34. The van der Waals surface area contributed by atoms with Gasteiger partial charge in [0.1, 0.15) is 5.25 Å². The normalized spacial score (nSPS) is 19.2. The Morgan fingerprint density at radius 2 is 1.85 bits per heavy atom. The van der Waals surface area contributed by atoms with Crippen LogP contribution >= 0.6 is 0 Å². The zero-order chi connectivity index (χ0) is 14.5. The number of hydrogen-bond donors (Lipinski definition) is 2. The van der Waals surface area contributed by atoms with Gasteiger partial charge in [0, 0.05) is 16.6 Å². The summed E-state index contributed by atoms with van der Waals surface area (Å²) in [5.74, 6) is -0.118. The molecule has 0 spiro atoms. The van der Waals surface area contributed by atoms with Gasteiger partial charge in [-0.25, -0.2) is 0 Å². The molecule has 1 aliphatic rings. The number of anilines is 1. The molecular weight excluding hydrogens is 272 g/mol. The standard InChI is InChI=1S/C15H22N2O2S/c1-11(15(18)17-13-5-3-2-4-6-13)20(19)14-9-7-12(16)8-10-14/h7-11,13H,2-6,16H2,1H3,(H,17,18). The molecule has 3 N–H and O–H groups in total. The Morgan fingerprint density at radius 3 is 2.45 bits per heavy atom. The second-order valence-electron chi connectivity index (χ2n) is 5.35. The zero-order valence-corrected chi connectivity index (χ0v) is 12.6. The molecule has 0 bridgehead atoms. The third-order valence-corrected chi connectivity index (χ3v) is 5.35. The molecule has 1 aromatic carbocycles. The maximum atomic E-state index is 12.3. The van der Waals surface area contributed by atoms with Crippen LogP contribution < -0.4 is 11.1 Å². The van der Waals surface area contributed by atoms with E-state index in [2.05, 4.69) is 5.32 Å². The lowest BCUT2D eigenvalue weighted by Gasteiger charge is -2.24. The number of hydrogen-bond acceptors (Lipinski definition) is 3. The number of nitrogens with one attached hydrogen (secondary N) is 1. The van der Waals surface area contributed by atoms with Crippen molar-refractivity contribution >= 4 is 22.4 Å². The molecule has 2 rings (SSSR count). The molecule has 1 amide bonds. The lowest BCUT2D eigenvalue weighted by molar-refractivity contribution is -0.121. The first-order chi connectivity index (χ1) is 9.58. The van der Waals surface area contributed by atoms with Crippen LogP contribution in [-0.2, 0) is 15.6 Å². The van der Waals surface area contributed by atoms with Gasteiger partial charge in [-0.3, -0.25) is 9.00 Å². The summed E-state index contributed by atoms with van der Waals surface area (Å²) in [5, 5.41) is 2.48. The van der Waals surface area contributed by atoms with Crippen molar-refractivity contribution in [2.75, 3.05) is 5.73 Å². The molecule has 0 aromatic heterocycles. The van der Waals surface area contributed by atoms with Gasteiger partial charge in [0.2, 0.25) is 5.91 Å². The topological polar surface area (TPSA) is 72.2 Å². The smallest absolute Gasteiger partial charge is 0.236 e. The van der Waals surface area contributed by atoms with Crippen LogP contribution in [0.25, 0.3) is 0 Å².